The molecule has 4 nitrogen and oxygen atoms in total. The van der Waals surface area contributed by atoms with Crippen LogP contribution in [0.3, 0.4) is 0 Å². The van der Waals surface area contributed by atoms with Crippen LogP contribution in [0.2, 0.25) is 0 Å². The number of nitrogens with one attached hydrogen (secondary N) is 2. The summed E-state index contributed by atoms with van der Waals surface area (Å²) in [5, 5.41) is 5.38. The maximum Gasteiger partial charge on any atom is 0.251 e. The average molecular weight is 267 g/mol. The number of amides is 2. The van der Waals surface area contributed by atoms with E-state index in [1.807, 2.05) is 13.0 Å². The summed E-state index contributed by atoms with van der Waals surface area (Å²) in [4.78, 5) is 23.0. The molecule has 18 heavy (non-hydrogen) atoms. The van der Waals surface area contributed by atoms with Gasteiger partial charge in [-0.25, -0.2) is 0 Å². The fourth-order valence-electron chi connectivity index (χ4n) is 1.31. The molecule has 0 radical (unpaired) electrons. The molecule has 0 saturated carbocycles. The third-order valence-corrected chi connectivity index (χ3v) is 2.30. The van der Waals surface area contributed by atoms with Crippen LogP contribution in [0.4, 0.5) is 0 Å². The van der Waals surface area contributed by atoms with Crippen LogP contribution in [0.15, 0.2) is 35.9 Å². The Morgan fingerprint density at radius 2 is 2.00 bits per heavy atom. The second-order valence-corrected chi connectivity index (χ2v) is 4.38. The second-order valence-electron chi connectivity index (χ2n) is 3.85. The number of benzene rings is 1. The summed E-state index contributed by atoms with van der Waals surface area (Å²) in [6.07, 6.45) is 0. The number of carbonyl (C=O) groups excluding carboxylic acids is 2. The van der Waals surface area contributed by atoms with Crippen molar-refractivity contribution in [2.75, 3.05) is 13.1 Å². The molecule has 1 aromatic rings. The Bertz CT molecular complexity index is 472. The highest BCUT2D eigenvalue weighted by Gasteiger charge is 2.07. The summed E-state index contributed by atoms with van der Waals surface area (Å²) < 4.78 is 0. The smallest absolute Gasteiger partial charge is 0.251 e. The fourth-order valence-corrected chi connectivity index (χ4v) is 1.37. The van der Waals surface area contributed by atoms with Gasteiger partial charge in [0, 0.05) is 10.6 Å². The zero-order chi connectivity index (χ0) is 13.5. The van der Waals surface area contributed by atoms with E-state index in [9.17, 15) is 9.59 Å². The lowest BCUT2D eigenvalue weighted by Crippen LogP contribution is -2.37. The third-order valence-electron chi connectivity index (χ3n) is 2.17. The van der Waals surface area contributed by atoms with Crippen molar-refractivity contribution in [1.29, 1.82) is 0 Å². The average Bonchev–Trinajstić information content (AvgIpc) is 2.33. The number of halogens is 1. The Morgan fingerprint density at radius 3 is 2.61 bits per heavy atom. The SMILES string of the molecule is C=C(Cl)CNC(=O)CNC(=O)c1cccc(C)c1. The van der Waals surface area contributed by atoms with Crippen LogP contribution in [0.25, 0.3) is 0 Å². The molecule has 0 aliphatic heterocycles. The molecular formula is C13H15ClN2O2. The van der Waals surface area contributed by atoms with Gasteiger partial charge in [0.2, 0.25) is 5.91 Å². The molecule has 5 heteroatoms. The van der Waals surface area contributed by atoms with Gasteiger partial charge in [0.25, 0.3) is 5.91 Å². The molecule has 2 amide bonds. The van der Waals surface area contributed by atoms with Crippen LogP contribution in [-0.2, 0) is 4.79 Å². The number of hydrogen-bond acceptors (Lipinski definition) is 2. The minimum absolute atomic E-state index is 0.0864. The minimum atomic E-state index is -0.308. The Labute approximate surface area is 111 Å². The van der Waals surface area contributed by atoms with E-state index >= 15 is 0 Å². The highest BCUT2D eigenvalue weighted by molar-refractivity contribution is 6.29. The normalized spacial score (nSPS) is 9.67. The molecule has 0 bridgehead atoms. The van der Waals surface area contributed by atoms with Crippen LogP contribution in [0.5, 0.6) is 0 Å². The van der Waals surface area contributed by atoms with E-state index in [2.05, 4.69) is 17.2 Å². The summed E-state index contributed by atoms with van der Waals surface area (Å²) in [6, 6.07) is 7.14. The summed E-state index contributed by atoms with van der Waals surface area (Å²) in [7, 11) is 0. The van der Waals surface area contributed by atoms with E-state index in [-0.39, 0.29) is 24.9 Å². The Morgan fingerprint density at radius 1 is 1.28 bits per heavy atom. The molecule has 1 rings (SSSR count). The molecule has 0 unspecified atom stereocenters. The van der Waals surface area contributed by atoms with Crippen LogP contribution < -0.4 is 10.6 Å². The zero-order valence-electron chi connectivity index (χ0n) is 10.1. The number of carbonyl (C=O) groups is 2. The van der Waals surface area contributed by atoms with E-state index < -0.39 is 0 Å². The molecule has 0 atom stereocenters. The highest BCUT2D eigenvalue weighted by Crippen LogP contribution is 2.03. The van der Waals surface area contributed by atoms with Gasteiger partial charge in [-0.15, -0.1) is 0 Å². The predicted octanol–water partition coefficient (Wildman–Crippen LogP) is 1.59. The summed E-state index contributed by atoms with van der Waals surface area (Å²) in [6.45, 7) is 5.45. The Kier molecular flexibility index (Phi) is 5.39. The lowest BCUT2D eigenvalue weighted by molar-refractivity contribution is -0.119. The molecule has 0 spiro atoms. The maximum absolute atomic E-state index is 11.7. The first-order valence-electron chi connectivity index (χ1n) is 5.44. The molecule has 0 aliphatic rings. The Balaban J connectivity index is 2.42. The summed E-state index contributed by atoms with van der Waals surface area (Å²) >= 11 is 5.50. The van der Waals surface area contributed by atoms with Crippen molar-refractivity contribution in [3.63, 3.8) is 0 Å². The largest absolute Gasteiger partial charge is 0.350 e. The first-order valence-corrected chi connectivity index (χ1v) is 5.81. The van der Waals surface area contributed by atoms with Gasteiger partial charge < -0.3 is 10.6 Å². The second kappa shape index (κ2) is 6.81. The molecular weight excluding hydrogens is 252 g/mol. The summed E-state index contributed by atoms with van der Waals surface area (Å²) in [5.41, 5.74) is 1.52. The monoisotopic (exact) mass is 266 g/mol. The maximum atomic E-state index is 11.7. The lowest BCUT2D eigenvalue weighted by Gasteiger charge is -2.06. The summed E-state index contributed by atoms with van der Waals surface area (Å²) in [5.74, 6) is -0.587. The fraction of sp³-hybridized carbons (Fsp3) is 0.231. The van der Waals surface area contributed by atoms with Crippen molar-refractivity contribution in [1.82, 2.24) is 10.6 Å². The molecule has 0 saturated heterocycles. The van der Waals surface area contributed by atoms with Crippen molar-refractivity contribution in [2.45, 2.75) is 6.92 Å². The van der Waals surface area contributed by atoms with Gasteiger partial charge in [-0.3, -0.25) is 9.59 Å². The lowest BCUT2D eigenvalue weighted by atomic mass is 10.1. The first kappa shape index (κ1) is 14.3. The minimum Gasteiger partial charge on any atom is -0.350 e. The van der Waals surface area contributed by atoms with Gasteiger partial charge >= 0.3 is 0 Å². The molecule has 1 aromatic carbocycles. The van der Waals surface area contributed by atoms with Gasteiger partial charge in [-0.2, -0.15) is 0 Å². The predicted molar refractivity (Wildman–Crippen MR) is 71.5 cm³/mol. The third kappa shape index (κ3) is 5.01. The van der Waals surface area contributed by atoms with Gasteiger partial charge in [-0.05, 0) is 19.1 Å². The van der Waals surface area contributed by atoms with E-state index in [1.165, 1.54) is 0 Å². The van der Waals surface area contributed by atoms with E-state index in [0.717, 1.165) is 5.56 Å². The zero-order valence-corrected chi connectivity index (χ0v) is 10.9. The molecule has 2 N–H and O–H groups in total. The molecule has 0 aromatic heterocycles. The van der Waals surface area contributed by atoms with Gasteiger partial charge in [0.1, 0.15) is 0 Å². The van der Waals surface area contributed by atoms with E-state index in [0.29, 0.717) is 10.6 Å². The van der Waals surface area contributed by atoms with Crippen molar-refractivity contribution in [3.8, 4) is 0 Å². The molecule has 0 fully saturated rings. The number of hydrogen-bond donors (Lipinski definition) is 2. The van der Waals surface area contributed by atoms with Crippen LogP contribution in [0, 0.1) is 6.92 Å². The topological polar surface area (TPSA) is 58.2 Å². The van der Waals surface area contributed by atoms with Crippen LogP contribution in [0.1, 0.15) is 15.9 Å². The quantitative estimate of drug-likeness (QED) is 0.850. The van der Waals surface area contributed by atoms with Crippen molar-refractivity contribution in [3.05, 3.63) is 47.0 Å². The van der Waals surface area contributed by atoms with Gasteiger partial charge in [-0.1, -0.05) is 35.9 Å². The molecule has 0 heterocycles. The first-order chi connectivity index (χ1) is 8.49. The molecule has 96 valence electrons. The van der Waals surface area contributed by atoms with E-state index in [4.69, 9.17) is 11.6 Å². The highest BCUT2D eigenvalue weighted by atomic mass is 35.5. The Hall–Kier alpha value is -1.81. The van der Waals surface area contributed by atoms with Crippen molar-refractivity contribution < 1.29 is 9.59 Å². The standard InChI is InChI=1S/C13H15ClN2O2/c1-9-4-3-5-11(6-9)13(18)16-8-12(17)15-7-10(2)14/h3-6H,2,7-8H2,1H3,(H,15,17)(H,16,18). The number of rotatable bonds is 5. The van der Waals surface area contributed by atoms with Crippen LogP contribution in [-0.4, -0.2) is 24.9 Å². The molecule has 0 aliphatic carbocycles. The van der Waals surface area contributed by atoms with Gasteiger partial charge in [0.05, 0.1) is 13.1 Å². The van der Waals surface area contributed by atoms with Crippen LogP contribution >= 0.6 is 11.6 Å². The van der Waals surface area contributed by atoms with Crippen molar-refractivity contribution >= 4 is 23.4 Å². The van der Waals surface area contributed by atoms with Gasteiger partial charge in [0.15, 0.2) is 0 Å². The number of aryl methyl sites for hydroxylation is 1. The van der Waals surface area contributed by atoms with Crippen molar-refractivity contribution in [2.24, 2.45) is 0 Å². The van der Waals surface area contributed by atoms with E-state index in [1.54, 1.807) is 18.2 Å².